The van der Waals surface area contributed by atoms with Crippen molar-refractivity contribution in [1.29, 1.82) is 0 Å². The van der Waals surface area contributed by atoms with Crippen LogP contribution in [0.25, 0.3) is 0 Å². The summed E-state index contributed by atoms with van der Waals surface area (Å²) in [4.78, 5) is 26.0. The van der Waals surface area contributed by atoms with Gasteiger partial charge in [0.05, 0.1) is 25.8 Å². The number of carbonyl (C=O) groups is 2. The summed E-state index contributed by atoms with van der Waals surface area (Å²) in [6.07, 6.45) is 0. The zero-order valence-corrected chi connectivity index (χ0v) is 15.8. The Kier molecular flexibility index (Phi) is 5.66. The number of nitrogens with one attached hydrogen (secondary N) is 1. The number of β-amino-alcohol motifs (C(OH)–C–C–N with tert-alkyl or cyclic N) is 1. The van der Waals surface area contributed by atoms with E-state index in [4.69, 9.17) is 9.84 Å². The lowest BCUT2D eigenvalue weighted by Gasteiger charge is -2.18. The number of esters is 1. The smallest absolute Gasteiger partial charge is 0.337 e. The second-order valence-electron chi connectivity index (χ2n) is 5.74. The maximum atomic E-state index is 12.6. The van der Waals surface area contributed by atoms with Gasteiger partial charge in [0, 0.05) is 16.7 Å². The van der Waals surface area contributed by atoms with E-state index in [0.29, 0.717) is 0 Å². The average molecular weight is 397 g/mol. The van der Waals surface area contributed by atoms with Gasteiger partial charge in [-0.2, -0.15) is 0 Å². The zero-order valence-electron chi connectivity index (χ0n) is 14.2. The molecule has 0 spiro atoms. The molecule has 0 aliphatic carbocycles. The number of aliphatic hydroxyl groups excluding tert-OH is 1. The highest BCUT2D eigenvalue weighted by Crippen LogP contribution is 2.33. The molecule has 1 aromatic rings. The molecule has 1 aliphatic heterocycles. The summed E-state index contributed by atoms with van der Waals surface area (Å²) in [5, 5.41) is 12.2. The first-order valence-corrected chi connectivity index (χ1v) is 8.36. The third-order valence-corrected chi connectivity index (χ3v) is 5.30. The van der Waals surface area contributed by atoms with Gasteiger partial charge in [0.1, 0.15) is 5.70 Å². The summed E-state index contributed by atoms with van der Waals surface area (Å²) in [5.74, 6) is -0.868. The number of ether oxygens (including phenoxy) is 1. The number of carbonyl (C=O) groups excluding carboxylic acids is 2. The first-order chi connectivity index (χ1) is 11.3. The Balaban J connectivity index is 2.47. The van der Waals surface area contributed by atoms with Crippen LogP contribution in [0.5, 0.6) is 0 Å². The highest BCUT2D eigenvalue weighted by molar-refractivity contribution is 9.10. The Hall–Kier alpha value is -1.86. The van der Waals surface area contributed by atoms with E-state index in [-0.39, 0.29) is 36.9 Å². The van der Waals surface area contributed by atoms with Crippen molar-refractivity contribution in [1.82, 2.24) is 4.90 Å². The number of halogens is 1. The molecule has 130 valence electrons. The summed E-state index contributed by atoms with van der Waals surface area (Å²) in [6, 6.07) is 2.00. The number of hydrogen-bond acceptors (Lipinski definition) is 5. The third kappa shape index (κ3) is 3.32. The maximum absolute atomic E-state index is 12.6. The Bertz CT molecular complexity index is 728. The molecule has 0 bridgehead atoms. The number of anilines is 1. The molecule has 0 atom stereocenters. The predicted molar refractivity (Wildman–Crippen MR) is 94.7 cm³/mol. The molecule has 1 aromatic carbocycles. The van der Waals surface area contributed by atoms with Gasteiger partial charge in [-0.25, -0.2) is 4.79 Å². The van der Waals surface area contributed by atoms with Crippen LogP contribution in [0.1, 0.15) is 16.7 Å². The number of aliphatic hydroxyl groups is 1. The van der Waals surface area contributed by atoms with Gasteiger partial charge in [-0.15, -0.1) is 0 Å². The molecule has 0 fully saturated rings. The highest BCUT2D eigenvalue weighted by Gasteiger charge is 2.34. The molecule has 0 saturated carbocycles. The topological polar surface area (TPSA) is 78.9 Å². The molecular formula is C17H21BrN2O4. The standard InChI is InChI=1S/C17H21BrN2O4/c1-9-7-10(2)14(11(3)13(9)18)19-15-12(17(23)24-4)8-20(5-6-21)16(15)22/h7,19,21H,5-6,8H2,1-4H3. The van der Waals surface area contributed by atoms with Crippen molar-refractivity contribution < 1.29 is 19.4 Å². The Labute approximate surface area is 149 Å². The number of hydrogen-bond donors (Lipinski definition) is 2. The van der Waals surface area contributed by atoms with Crippen molar-refractivity contribution >= 4 is 33.5 Å². The predicted octanol–water partition coefficient (Wildman–Crippen LogP) is 2.05. The first-order valence-electron chi connectivity index (χ1n) is 7.56. The van der Waals surface area contributed by atoms with Gasteiger partial charge in [-0.05, 0) is 37.5 Å². The van der Waals surface area contributed by atoms with Crippen molar-refractivity contribution in [3.63, 3.8) is 0 Å². The summed E-state index contributed by atoms with van der Waals surface area (Å²) >= 11 is 3.55. The minimum atomic E-state index is -0.548. The molecule has 1 amide bonds. The maximum Gasteiger partial charge on any atom is 0.337 e. The van der Waals surface area contributed by atoms with Gasteiger partial charge in [-0.3, -0.25) is 4.79 Å². The van der Waals surface area contributed by atoms with E-state index in [1.165, 1.54) is 12.0 Å². The first kappa shape index (κ1) is 18.5. The van der Waals surface area contributed by atoms with Crippen molar-refractivity contribution in [2.75, 3.05) is 32.1 Å². The van der Waals surface area contributed by atoms with Crippen molar-refractivity contribution in [3.05, 3.63) is 38.5 Å². The number of nitrogens with zero attached hydrogens (tertiary/aromatic N) is 1. The monoisotopic (exact) mass is 396 g/mol. The van der Waals surface area contributed by atoms with Gasteiger partial charge in [-0.1, -0.05) is 22.0 Å². The number of rotatable bonds is 5. The van der Waals surface area contributed by atoms with E-state index in [2.05, 4.69) is 21.2 Å². The van der Waals surface area contributed by atoms with Gasteiger partial charge in [0.15, 0.2) is 0 Å². The van der Waals surface area contributed by atoms with Gasteiger partial charge in [0.2, 0.25) is 0 Å². The quantitative estimate of drug-likeness (QED) is 0.744. The van der Waals surface area contributed by atoms with E-state index in [0.717, 1.165) is 26.9 Å². The lowest BCUT2D eigenvalue weighted by Crippen LogP contribution is -2.31. The SMILES string of the molecule is COC(=O)C1=C(Nc2c(C)cc(C)c(Br)c2C)C(=O)N(CCO)C1. The molecule has 2 rings (SSSR count). The van der Waals surface area contributed by atoms with Gasteiger partial charge in [0.25, 0.3) is 5.91 Å². The number of benzene rings is 1. The van der Waals surface area contributed by atoms with Gasteiger partial charge >= 0.3 is 5.97 Å². The zero-order chi connectivity index (χ0) is 18.0. The fourth-order valence-electron chi connectivity index (χ4n) is 2.83. The lowest BCUT2D eigenvalue weighted by molar-refractivity contribution is -0.136. The van der Waals surface area contributed by atoms with Crippen LogP contribution in [-0.4, -0.2) is 48.7 Å². The molecule has 0 unspecified atom stereocenters. The minimum absolute atomic E-state index is 0.125. The Morgan fingerprint density at radius 2 is 2.04 bits per heavy atom. The third-order valence-electron chi connectivity index (χ3n) is 4.08. The molecular weight excluding hydrogens is 376 g/mol. The van der Waals surface area contributed by atoms with Crippen molar-refractivity contribution in [3.8, 4) is 0 Å². The number of methoxy groups -OCH3 is 1. The molecule has 1 aliphatic rings. The van der Waals surface area contributed by atoms with E-state index in [9.17, 15) is 9.59 Å². The van der Waals surface area contributed by atoms with Gasteiger partial charge < -0.3 is 20.1 Å². The van der Waals surface area contributed by atoms with E-state index in [1.54, 1.807) is 0 Å². The van der Waals surface area contributed by atoms with Crippen LogP contribution < -0.4 is 5.32 Å². The second-order valence-corrected chi connectivity index (χ2v) is 6.54. The normalized spacial score (nSPS) is 14.4. The number of aryl methyl sites for hydroxylation is 2. The van der Waals surface area contributed by atoms with Crippen LogP contribution >= 0.6 is 15.9 Å². The van der Waals surface area contributed by atoms with Crippen molar-refractivity contribution in [2.45, 2.75) is 20.8 Å². The van der Waals surface area contributed by atoms with Crippen molar-refractivity contribution in [2.24, 2.45) is 0 Å². The Morgan fingerprint density at radius 1 is 1.38 bits per heavy atom. The summed E-state index contributed by atoms with van der Waals surface area (Å²) in [5.41, 5.74) is 4.28. The summed E-state index contributed by atoms with van der Waals surface area (Å²) < 4.78 is 5.75. The average Bonchev–Trinajstić information content (AvgIpc) is 2.85. The molecule has 1 heterocycles. The minimum Gasteiger partial charge on any atom is -0.466 e. The number of amides is 1. The molecule has 2 N–H and O–H groups in total. The van der Waals surface area contributed by atoms with Crippen LogP contribution in [0, 0.1) is 20.8 Å². The summed E-state index contributed by atoms with van der Waals surface area (Å²) in [6.45, 7) is 6.01. The largest absolute Gasteiger partial charge is 0.466 e. The Morgan fingerprint density at radius 3 is 2.62 bits per heavy atom. The lowest BCUT2D eigenvalue weighted by atomic mass is 10.0. The fourth-order valence-corrected chi connectivity index (χ4v) is 3.14. The molecule has 0 radical (unpaired) electrons. The molecule has 0 saturated heterocycles. The fraction of sp³-hybridized carbons (Fsp3) is 0.412. The molecule has 0 aromatic heterocycles. The van der Waals surface area contributed by atoms with E-state index < -0.39 is 5.97 Å². The second kappa shape index (κ2) is 7.36. The van der Waals surface area contributed by atoms with Crippen LogP contribution in [0.15, 0.2) is 21.8 Å². The van der Waals surface area contributed by atoms with E-state index >= 15 is 0 Å². The molecule has 24 heavy (non-hydrogen) atoms. The molecule has 6 nitrogen and oxygen atoms in total. The highest BCUT2D eigenvalue weighted by atomic mass is 79.9. The molecule has 7 heteroatoms. The van der Waals surface area contributed by atoms with Crippen LogP contribution in [-0.2, 0) is 14.3 Å². The van der Waals surface area contributed by atoms with Crippen LogP contribution in [0.3, 0.4) is 0 Å². The summed E-state index contributed by atoms with van der Waals surface area (Å²) in [7, 11) is 1.28. The van der Waals surface area contributed by atoms with E-state index in [1.807, 2.05) is 26.8 Å². The van der Waals surface area contributed by atoms with Crippen LogP contribution in [0.2, 0.25) is 0 Å². The van der Waals surface area contributed by atoms with Crippen LogP contribution in [0.4, 0.5) is 5.69 Å².